The first kappa shape index (κ1) is 14.8. The molecular weight excluding hydrogens is 328 g/mol. The SMILES string of the molecule is CC(C)(C)OC(=O)N1CCC(c2ncc(Br)s2)CC1. The predicted molar refractivity (Wildman–Crippen MR) is 79.6 cm³/mol. The van der Waals surface area contributed by atoms with Crippen LogP contribution < -0.4 is 0 Å². The quantitative estimate of drug-likeness (QED) is 0.771. The second kappa shape index (κ2) is 5.79. The Bertz CT molecular complexity index is 448. The summed E-state index contributed by atoms with van der Waals surface area (Å²) in [7, 11) is 0. The van der Waals surface area contributed by atoms with Crippen LogP contribution in [0, 0.1) is 0 Å². The summed E-state index contributed by atoms with van der Waals surface area (Å²) in [5.41, 5.74) is -0.423. The van der Waals surface area contributed by atoms with Crippen LogP contribution in [0.5, 0.6) is 0 Å². The third-order valence-corrected chi connectivity index (χ3v) is 4.63. The van der Waals surface area contributed by atoms with Crippen LogP contribution in [0.4, 0.5) is 4.79 Å². The Morgan fingerprint density at radius 3 is 2.58 bits per heavy atom. The molecule has 0 aromatic carbocycles. The Kier molecular flexibility index (Phi) is 4.50. The predicted octanol–water partition coefficient (Wildman–Crippen LogP) is 4.02. The van der Waals surface area contributed by atoms with Crippen molar-refractivity contribution in [3.63, 3.8) is 0 Å². The van der Waals surface area contributed by atoms with Crippen molar-refractivity contribution in [3.8, 4) is 0 Å². The molecule has 1 saturated heterocycles. The fourth-order valence-corrected chi connectivity index (χ4v) is 3.50. The number of ether oxygens (including phenoxy) is 1. The molecule has 106 valence electrons. The lowest BCUT2D eigenvalue weighted by Gasteiger charge is -2.32. The molecular formula is C13H19BrN2O2S. The highest BCUT2D eigenvalue weighted by Gasteiger charge is 2.28. The molecule has 0 aliphatic carbocycles. The molecule has 6 heteroatoms. The molecule has 19 heavy (non-hydrogen) atoms. The van der Waals surface area contributed by atoms with Gasteiger partial charge in [-0.15, -0.1) is 11.3 Å². The first-order valence-electron chi connectivity index (χ1n) is 6.44. The highest BCUT2D eigenvalue weighted by atomic mass is 79.9. The number of likely N-dealkylation sites (tertiary alicyclic amines) is 1. The van der Waals surface area contributed by atoms with E-state index in [0.29, 0.717) is 5.92 Å². The second-order valence-corrected chi connectivity index (χ2v) is 8.19. The van der Waals surface area contributed by atoms with Gasteiger partial charge in [0.1, 0.15) is 5.60 Å². The number of thiazole rings is 1. The van der Waals surface area contributed by atoms with E-state index in [4.69, 9.17) is 4.74 Å². The molecule has 0 atom stereocenters. The number of rotatable bonds is 1. The Balaban J connectivity index is 1.87. The number of amides is 1. The van der Waals surface area contributed by atoms with E-state index >= 15 is 0 Å². The number of carbonyl (C=O) groups is 1. The van der Waals surface area contributed by atoms with Crippen LogP contribution in [-0.2, 0) is 4.74 Å². The minimum atomic E-state index is -0.423. The summed E-state index contributed by atoms with van der Waals surface area (Å²) < 4.78 is 6.46. The van der Waals surface area contributed by atoms with Gasteiger partial charge in [0, 0.05) is 19.0 Å². The third-order valence-electron chi connectivity index (χ3n) is 2.99. The topological polar surface area (TPSA) is 42.4 Å². The summed E-state index contributed by atoms with van der Waals surface area (Å²) in [6.45, 7) is 7.17. The molecule has 4 nitrogen and oxygen atoms in total. The van der Waals surface area contributed by atoms with Crippen LogP contribution in [0.15, 0.2) is 9.98 Å². The minimum absolute atomic E-state index is 0.203. The molecule has 0 radical (unpaired) electrons. The molecule has 1 aliphatic heterocycles. The average molecular weight is 347 g/mol. The van der Waals surface area contributed by atoms with Gasteiger partial charge < -0.3 is 9.64 Å². The fraction of sp³-hybridized carbons (Fsp3) is 0.692. The standard InChI is InChI=1S/C13H19BrN2O2S/c1-13(2,3)18-12(17)16-6-4-9(5-7-16)11-15-8-10(14)19-11/h8-9H,4-7H2,1-3H3. The Labute approximate surface area is 126 Å². The summed E-state index contributed by atoms with van der Waals surface area (Å²) in [5.74, 6) is 0.468. The summed E-state index contributed by atoms with van der Waals surface area (Å²) in [6, 6.07) is 0. The van der Waals surface area contributed by atoms with E-state index in [9.17, 15) is 4.79 Å². The number of aromatic nitrogens is 1. The first-order valence-corrected chi connectivity index (χ1v) is 8.05. The lowest BCUT2D eigenvalue weighted by Crippen LogP contribution is -2.41. The number of hydrogen-bond acceptors (Lipinski definition) is 4. The van der Waals surface area contributed by atoms with Crippen LogP contribution in [0.3, 0.4) is 0 Å². The number of piperidine rings is 1. The number of nitrogens with zero attached hydrogens (tertiary/aromatic N) is 2. The van der Waals surface area contributed by atoms with Gasteiger partial charge in [0.05, 0.1) is 15.0 Å². The van der Waals surface area contributed by atoms with E-state index in [1.165, 1.54) is 0 Å². The zero-order chi connectivity index (χ0) is 14.0. The summed E-state index contributed by atoms with van der Waals surface area (Å²) in [4.78, 5) is 18.1. The van der Waals surface area contributed by atoms with Crippen molar-refractivity contribution in [2.24, 2.45) is 0 Å². The van der Waals surface area contributed by atoms with Crippen molar-refractivity contribution >= 4 is 33.4 Å². The average Bonchev–Trinajstić information content (AvgIpc) is 2.74. The van der Waals surface area contributed by atoms with Crippen LogP contribution in [-0.4, -0.2) is 34.7 Å². The smallest absolute Gasteiger partial charge is 0.410 e. The zero-order valence-corrected chi connectivity index (χ0v) is 13.9. The Morgan fingerprint density at radius 2 is 2.11 bits per heavy atom. The van der Waals surface area contributed by atoms with Crippen LogP contribution in [0.1, 0.15) is 44.5 Å². The lowest BCUT2D eigenvalue weighted by molar-refractivity contribution is 0.0205. The molecule has 1 fully saturated rings. The maximum Gasteiger partial charge on any atom is 0.410 e. The Hall–Kier alpha value is -0.620. The van der Waals surface area contributed by atoms with Gasteiger partial charge in [-0.25, -0.2) is 9.78 Å². The molecule has 2 rings (SSSR count). The van der Waals surface area contributed by atoms with Crippen molar-refractivity contribution in [3.05, 3.63) is 15.0 Å². The molecule has 1 aromatic rings. The highest BCUT2D eigenvalue weighted by Crippen LogP contribution is 2.33. The van der Waals surface area contributed by atoms with Crippen LogP contribution >= 0.6 is 27.3 Å². The summed E-state index contributed by atoms with van der Waals surface area (Å²) in [5, 5.41) is 1.16. The third kappa shape index (κ3) is 4.18. The molecule has 1 aliphatic rings. The molecule has 0 saturated carbocycles. The van der Waals surface area contributed by atoms with E-state index in [-0.39, 0.29) is 6.09 Å². The maximum absolute atomic E-state index is 11.9. The van der Waals surface area contributed by atoms with Gasteiger partial charge in [0.25, 0.3) is 0 Å². The van der Waals surface area contributed by atoms with Crippen molar-refractivity contribution in [1.82, 2.24) is 9.88 Å². The summed E-state index contributed by atoms with van der Waals surface area (Å²) in [6.07, 6.45) is 3.56. The van der Waals surface area contributed by atoms with Crippen molar-refractivity contribution in [2.45, 2.75) is 45.1 Å². The normalized spacial score (nSPS) is 17.6. The van der Waals surface area contributed by atoms with E-state index in [2.05, 4.69) is 20.9 Å². The van der Waals surface area contributed by atoms with Gasteiger partial charge in [-0.2, -0.15) is 0 Å². The van der Waals surface area contributed by atoms with E-state index in [1.807, 2.05) is 27.0 Å². The van der Waals surface area contributed by atoms with Gasteiger partial charge in [-0.05, 0) is 49.5 Å². The van der Waals surface area contributed by atoms with Crippen LogP contribution in [0.25, 0.3) is 0 Å². The molecule has 0 unspecified atom stereocenters. The zero-order valence-electron chi connectivity index (χ0n) is 11.5. The van der Waals surface area contributed by atoms with E-state index in [1.54, 1.807) is 16.2 Å². The largest absolute Gasteiger partial charge is 0.444 e. The summed E-state index contributed by atoms with van der Waals surface area (Å²) >= 11 is 5.12. The van der Waals surface area contributed by atoms with Gasteiger partial charge in [0.15, 0.2) is 0 Å². The monoisotopic (exact) mass is 346 g/mol. The molecule has 1 aromatic heterocycles. The van der Waals surface area contributed by atoms with E-state index < -0.39 is 5.60 Å². The molecule has 1 amide bonds. The van der Waals surface area contributed by atoms with Gasteiger partial charge in [-0.3, -0.25) is 0 Å². The van der Waals surface area contributed by atoms with E-state index in [0.717, 1.165) is 34.7 Å². The highest BCUT2D eigenvalue weighted by molar-refractivity contribution is 9.11. The molecule has 0 spiro atoms. The Morgan fingerprint density at radius 1 is 1.47 bits per heavy atom. The van der Waals surface area contributed by atoms with Crippen LogP contribution in [0.2, 0.25) is 0 Å². The van der Waals surface area contributed by atoms with Crippen molar-refractivity contribution in [1.29, 1.82) is 0 Å². The van der Waals surface area contributed by atoms with Gasteiger partial charge in [-0.1, -0.05) is 0 Å². The van der Waals surface area contributed by atoms with Crippen molar-refractivity contribution < 1.29 is 9.53 Å². The first-order chi connectivity index (χ1) is 8.85. The lowest BCUT2D eigenvalue weighted by atomic mass is 9.98. The van der Waals surface area contributed by atoms with Gasteiger partial charge >= 0.3 is 6.09 Å². The number of hydrogen-bond donors (Lipinski definition) is 0. The number of halogens is 1. The number of carbonyl (C=O) groups excluding carboxylic acids is 1. The molecule has 0 bridgehead atoms. The minimum Gasteiger partial charge on any atom is -0.444 e. The maximum atomic E-state index is 11.9. The molecule has 2 heterocycles. The second-order valence-electron chi connectivity index (χ2n) is 5.74. The van der Waals surface area contributed by atoms with Crippen molar-refractivity contribution in [2.75, 3.05) is 13.1 Å². The molecule has 0 N–H and O–H groups in total. The van der Waals surface area contributed by atoms with Gasteiger partial charge in [0.2, 0.25) is 0 Å². The fourth-order valence-electron chi connectivity index (χ4n) is 2.09.